The van der Waals surface area contributed by atoms with Gasteiger partial charge in [0, 0.05) is 21.6 Å². The number of carbonyl (C=O) groups is 1. The molecule has 0 saturated heterocycles. The molecule has 1 amide bonds. The van der Waals surface area contributed by atoms with E-state index in [0.29, 0.717) is 40.0 Å². The molecule has 33 heavy (non-hydrogen) atoms. The molecular weight excluding hydrogens is 504 g/mol. The van der Waals surface area contributed by atoms with Crippen LogP contribution < -0.4 is 15.1 Å². The van der Waals surface area contributed by atoms with Gasteiger partial charge in [-0.1, -0.05) is 58.9 Å². The van der Waals surface area contributed by atoms with Crippen LogP contribution in [-0.4, -0.2) is 22.2 Å². The van der Waals surface area contributed by atoms with Gasteiger partial charge in [0.1, 0.15) is 5.76 Å². The Bertz CT molecular complexity index is 1410. The Morgan fingerprint density at radius 1 is 1.18 bits per heavy atom. The Morgan fingerprint density at radius 2 is 1.94 bits per heavy atom. The van der Waals surface area contributed by atoms with Crippen molar-refractivity contribution in [3.05, 3.63) is 81.3 Å². The van der Waals surface area contributed by atoms with Crippen LogP contribution in [0, 0.1) is 0 Å². The smallest absolute Gasteiger partial charge is 0.325 e. The van der Waals surface area contributed by atoms with Gasteiger partial charge in [-0.15, -0.1) is 0 Å². The molecule has 3 heterocycles. The standard InChI is InChI=1S/C24H19BrN4O3S/c1-3-20(30)28-17-7-5-4-6-16(17)21-22(31)26-24(33-2)27-29(21)23(28)19-13-12-18(32-19)14-8-10-15(25)11-9-14/h4-13,23H,3H2,1-2H3/p+1/t23-/m0/s1. The first kappa shape index (κ1) is 21.7. The van der Waals surface area contributed by atoms with Crippen LogP contribution in [-0.2, 0) is 4.79 Å². The number of aromatic nitrogens is 3. The van der Waals surface area contributed by atoms with E-state index in [2.05, 4.69) is 26.0 Å². The van der Waals surface area contributed by atoms with Gasteiger partial charge in [0.2, 0.25) is 11.1 Å². The number of rotatable bonds is 4. The third-order valence-corrected chi connectivity index (χ3v) is 6.63. The van der Waals surface area contributed by atoms with E-state index in [-0.39, 0.29) is 11.5 Å². The van der Waals surface area contributed by atoms with Crippen LogP contribution >= 0.6 is 27.7 Å². The summed E-state index contributed by atoms with van der Waals surface area (Å²) in [6.07, 6.45) is 1.39. The molecule has 0 saturated carbocycles. The van der Waals surface area contributed by atoms with Crippen LogP contribution in [0.15, 0.2) is 79.5 Å². The molecule has 1 aliphatic heterocycles. The second-order valence-electron chi connectivity index (χ2n) is 7.47. The van der Waals surface area contributed by atoms with Crippen molar-refractivity contribution in [1.82, 2.24) is 10.1 Å². The molecule has 2 aromatic carbocycles. The number of furan rings is 1. The van der Waals surface area contributed by atoms with Crippen molar-refractivity contribution in [2.75, 3.05) is 11.2 Å². The minimum Gasteiger partial charge on any atom is -0.452 e. The molecule has 1 atom stereocenters. The lowest BCUT2D eigenvalue weighted by Gasteiger charge is -2.30. The Morgan fingerprint density at radius 3 is 2.67 bits per heavy atom. The van der Waals surface area contributed by atoms with Gasteiger partial charge in [0.15, 0.2) is 5.76 Å². The second-order valence-corrected chi connectivity index (χ2v) is 9.18. The number of hydrogen-bond acceptors (Lipinski definition) is 5. The zero-order valence-electron chi connectivity index (χ0n) is 17.9. The minimum absolute atomic E-state index is 0.0972. The van der Waals surface area contributed by atoms with E-state index in [1.54, 1.807) is 9.58 Å². The third kappa shape index (κ3) is 3.71. The average Bonchev–Trinajstić information content (AvgIpc) is 3.32. The molecule has 0 radical (unpaired) electrons. The Balaban J connectivity index is 1.75. The molecule has 9 heteroatoms. The van der Waals surface area contributed by atoms with Crippen molar-refractivity contribution in [2.24, 2.45) is 0 Å². The fourth-order valence-corrected chi connectivity index (χ4v) is 4.65. The molecular formula is C24H20BrN4O3S+. The summed E-state index contributed by atoms with van der Waals surface area (Å²) in [7, 11) is 0. The predicted octanol–water partition coefficient (Wildman–Crippen LogP) is 4.77. The summed E-state index contributed by atoms with van der Waals surface area (Å²) in [6, 6.07) is 18.9. The first-order valence-electron chi connectivity index (χ1n) is 10.4. The molecule has 0 spiro atoms. The highest BCUT2D eigenvalue weighted by Gasteiger charge is 2.47. The molecule has 166 valence electrons. The molecule has 0 bridgehead atoms. The van der Waals surface area contributed by atoms with Crippen molar-refractivity contribution in [2.45, 2.75) is 24.7 Å². The van der Waals surface area contributed by atoms with Crippen LogP contribution in [0.25, 0.3) is 22.6 Å². The van der Waals surface area contributed by atoms with E-state index in [1.807, 2.05) is 73.8 Å². The zero-order chi connectivity index (χ0) is 23.1. The largest absolute Gasteiger partial charge is 0.452 e. The predicted molar refractivity (Wildman–Crippen MR) is 130 cm³/mol. The van der Waals surface area contributed by atoms with Crippen LogP contribution in [0.3, 0.4) is 0 Å². The number of thioether (sulfide) groups is 1. The highest BCUT2D eigenvalue weighted by atomic mass is 79.9. The highest BCUT2D eigenvalue weighted by Crippen LogP contribution is 2.38. The van der Waals surface area contributed by atoms with Crippen molar-refractivity contribution < 1.29 is 13.9 Å². The quantitative estimate of drug-likeness (QED) is 0.307. The fraction of sp³-hybridized carbons (Fsp3) is 0.167. The number of H-pyrrole nitrogens is 1. The molecule has 0 aliphatic carbocycles. The van der Waals surface area contributed by atoms with Crippen LogP contribution in [0.5, 0.6) is 0 Å². The molecule has 2 aromatic heterocycles. The molecule has 0 fully saturated rings. The molecule has 1 aliphatic rings. The van der Waals surface area contributed by atoms with Crippen molar-refractivity contribution in [1.29, 1.82) is 0 Å². The van der Waals surface area contributed by atoms with Crippen molar-refractivity contribution in [3.8, 4) is 22.6 Å². The van der Waals surface area contributed by atoms with Crippen molar-refractivity contribution in [3.63, 3.8) is 0 Å². The number of carbonyl (C=O) groups excluding carboxylic acids is 1. The third-order valence-electron chi connectivity index (χ3n) is 5.53. The summed E-state index contributed by atoms with van der Waals surface area (Å²) in [4.78, 5) is 30.8. The van der Waals surface area contributed by atoms with E-state index in [0.717, 1.165) is 10.0 Å². The second kappa shape index (κ2) is 8.64. The number of halogens is 1. The first-order valence-corrected chi connectivity index (χ1v) is 12.4. The van der Waals surface area contributed by atoms with Gasteiger partial charge in [-0.3, -0.25) is 14.6 Å². The topological polar surface area (TPSA) is 83.1 Å². The summed E-state index contributed by atoms with van der Waals surface area (Å²) >= 11 is 4.78. The minimum atomic E-state index is -0.736. The average molecular weight is 524 g/mol. The lowest BCUT2D eigenvalue weighted by molar-refractivity contribution is -0.764. The van der Waals surface area contributed by atoms with Gasteiger partial charge in [0.05, 0.1) is 11.3 Å². The Labute approximate surface area is 202 Å². The SMILES string of the molecule is CCC(=O)N1c2ccccc2-c2c(=O)[nH]c(SC)n[n+]2[C@H]1c1ccc(-c2ccc(Br)cc2)o1. The molecule has 1 N–H and O–H groups in total. The van der Waals surface area contributed by atoms with Gasteiger partial charge in [-0.25, -0.2) is 4.90 Å². The van der Waals surface area contributed by atoms with Crippen LogP contribution in [0.1, 0.15) is 25.3 Å². The number of fused-ring (bicyclic) bond motifs is 3. The first-order chi connectivity index (χ1) is 16.0. The van der Waals surface area contributed by atoms with Crippen LogP contribution in [0.2, 0.25) is 0 Å². The lowest BCUT2D eigenvalue weighted by Crippen LogP contribution is -2.60. The summed E-state index contributed by atoms with van der Waals surface area (Å²) in [5, 5.41) is 5.13. The van der Waals surface area contributed by atoms with E-state index in [4.69, 9.17) is 4.42 Å². The molecule has 5 rings (SSSR count). The number of para-hydroxylation sites is 1. The summed E-state index contributed by atoms with van der Waals surface area (Å²) in [5.74, 6) is 1.08. The van der Waals surface area contributed by atoms with Crippen LogP contribution in [0.4, 0.5) is 5.69 Å². The Kier molecular flexibility index (Phi) is 5.67. The van der Waals surface area contributed by atoms with E-state index in [9.17, 15) is 9.59 Å². The number of nitrogens with one attached hydrogen (secondary N) is 1. The summed E-state index contributed by atoms with van der Waals surface area (Å²) in [6.45, 7) is 1.82. The maximum atomic E-state index is 13.2. The maximum absolute atomic E-state index is 13.2. The number of anilines is 1. The fourth-order valence-electron chi connectivity index (χ4n) is 4.02. The molecule has 4 aromatic rings. The monoisotopic (exact) mass is 523 g/mol. The number of benzene rings is 2. The van der Waals surface area contributed by atoms with Gasteiger partial charge < -0.3 is 4.42 Å². The van der Waals surface area contributed by atoms with Gasteiger partial charge in [-0.05, 0) is 47.3 Å². The molecule has 0 unspecified atom stereocenters. The van der Waals surface area contributed by atoms with E-state index in [1.165, 1.54) is 11.8 Å². The number of nitrogens with zero attached hydrogens (tertiary/aromatic N) is 3. The van der Waals surface area contributed by atoms with E-state index < -0.39 is 6.17 Å². The van der Waals surface area contributed by atoms with Gasteiger partial charge in [0.25, 0.3) is 0 Å². The maximum Gasteiger partial charge on any atom is 0.325 e. The highest BCUT2D eigenvalue weighted by molar-refractivity contribution is 9.10. The van der Waals surface area contributed by atoms with Gasteiger partial charge in [-0.2, -0.15) is 0 Å². The lowest BCUT2D eigenvalue weighted by atomic mass is 10.0. The molecule has 7 nitrogen and oxygen atoms in total. The number of amides is 1. The normalized spacial score (nSPS) is 14.6. The van der Waals surface area contributed by atoms with E-state index >= 15 is 0 Å². The zero-order valence-corrected chi connectivity index (χ0v) is 20.3. The van der Waals surface area contributed by atoms with Crippen molar-refractivity contribution >= 4 is 39.3 Å². The number of hydrogen-bond donors (Lipinski definition) is 1. The Hall–Kier alpha value is -3.17. The number of aromatic amines is 1. The summed E-state index contributed by atoms with van der Waals surface area (Å²) in [5.41, 5.74) is 2.32. The summed E-state index contributed by atoms with van der Waals surface area (Å²) < 4.78 is 8.84. The van der Waals surface area contributed by atoms with Gasteiger partial charge >= 0.3 is 17.4 Å².